The molecule has 13 nitrogen and oxygen atoms in total. The van der Waals surface area contributed by atoms with Crippen LogP contribution in [0.15, 0.2) is 55.0 Å². The van der Waals surface area contributed by atoms with E-state index in [1.54, 1.807) is 36.7 Å². The summed E-state index contributed by atoms with van der Waals surface area (Å²) in [6, 6.07) is 10.4. The third kappa shape index (κ3) is 5.16. The Balaban J connectivity index is 1.30. The highest BCUT2D eigenvalue weighted by atomic mass is 16.5. The van der Waals surface area contributed by atoms with E-state index in [0.717, 1.165) is 48.3 Å². The van der Waals surface area contributed by atoms with Crippen molar-refractivity contribution in [2.45, 2.75) is 18.9 Å². The van der Waals surface area contributed by atoms with E-state index in [9.17, 15) is 9.59 Å². The van der Waals surface area contributed by atoms with Crippen LogP contribution in [0.25, 0.3) is 22.4 Å². The number of pyridine rings is 1. The van der Waals surface area contributed by atoms with E-state index < -0.39 is 6.03 Å². The molecular formula is C27H30N10O3. The lowest BCUT2D eigenvalue weighted by molar-refractivity contribution is 0.0691. The van der Waals surface area contributed by atoms with E-state index in [1.807, 2.05) is 27.9 Å². The predicted molar refractivity (Wildman–Crippen MR) is 149 cm³/mol. The molecule has 13 heteroatoms. The second kappa shape index (κ2) is 11.2. The van der Waals surface area contributed by atoms with Crippen molar-refractivity contribution in [3.63, 3.8) is 0 Å². The van der Waals surface area contributed by atoms with Gasteiger partial charge < -0.3 is 19.9 Å². The molecule has 4 aromatic rings. The van der Waals surface area contributed by atoms with E-state index in [4.69, 9.17) is 25.6 Å². The van der Waals surface area contributed by atoms with Crippen LogP contribution in [0.4, 0.5) is 16.3 Å². The first-order valence-corrected chi connectivity index (χ1v) is 13.3. The number of piperidine rings is 1. The van der Waals surface area contributed by atoms with Gasteiger partial charge in [-0.25, -0.2) is 25.3 Å². The summed E-state index contributed by atoms with van der Waals surface area (Å²) in [7, 11) is 0. The van der Waals surface area contributed by atoms with E-state index in [2.05, 4.69) is 20.6 Å². The Hall–Kier alpha value is -4.62. The number of anilines is 2. The average Bonchev–Trinajstić information content (AvgIpc) is 3.45. The topological polar surface area (TPSA) is 156 Å². The van der Waals surface area contributed by atoms with E-state index in [0.29, 0.717) is 43.4 Å². The van der Waals surface area contributed by atoms with Crippen molar-refractivity contribution < 1.29 is 14.3 Å². The van der Waals surface area contributed by atoms with Crippen molar-refractivity contribution in [3.8, 4) is 11.4 Å². The molecule has 0 radical (unpaired) electrons. The lowest BCUT2D eigenvalue weighted by atomic mass is 10.0. The van der Waals surface area contributed by atoms with Gasteiger partial charge in [-0.3, -0.25) is 15.2 Å². The molecule has 2 saturated heterocycles. The summed E-state index contributed by atoms with van der Waals surface area (Å²) in [6.07, 6.45) is 6.64. The minimum absolute atomic E-state index is 0.00188. The predicted octanol–water partition coefficient (Wildman–Crippen LogP) is 2.20. The van der Waals surface area contributed by atoms with Crippen LogP contribution in [-0.4, -0.2) is 81.0 Å². The van der Waals surface area contributed by atoms with Gasteiger partial charge in [0.15, 0.2) is 11.5 Å². The summed E-state index contributed by atoms with van der Waals surface area (Å²) >= 11 is 0. The molecule has 0 saturated carbocycles. The first kappa shape index (κ1) is 25.6. The van der Waals surface area contributed by atoms with E-state index in [1.165, 1.54) is 0 Å². The fourth-order valence-corrected chi connectivity index (χ4v) is 5.18. The third-order valence-electron chi connectivity index (χ3n) is 7.28. The first-order valence-electron chi connectivity index (χ1n) is 13.3. The molecule has 0 spiro atoms. The maximum atomic E-state index is 12.9. The molecule has 40 heavy (non-hydrogen) atoms. The van der Waals surface area contributed by atoms with Crippen molar-refractivity contribution in [3.05, 3.63) is 60.6 Å². The summed E-state index contributed by atoms with van der Waals surface area (Å²) in [5.41, 5.74) is 4.81. The Morgan fingerprint density at radius 1 is 0.975 bits per heavy atom. The molecule has 0 atom stereocenters. The van der Waals surface area contributed by atoms with Gasteiger partial charge in [0.05, 0.1) is 36.4 Å². The number of amides is 3. The largest absolute Gasteiger partial charge is 0.378 e. The Kier molecular flexibility index (Phi) is 7.21. The second-order valence-corrected chi connectivity index (χ2v) is 9.74. The number of fused-ring (bicyclic) bond motifs is 1. The number of hydrogen-bond acceptors (Lipinski definition) is 9. The number of rotatable bonds is 5. The fraction of sp³-hybridized carbons (Fsp3) is 0.333. The Morgan fingerprint density at radius 2 is 1.75 bits per heavy atom. The summed E-state index contributed by atoms with van der Waals surface area (Å²) in [5.74, 6) is 6.56. The SMILES string of the molecule is NNC(=O)Nc1ccc(-c2nc(N3CCOCC3)c3cnn(C4CCN(C(=O)c5cccnc5)CC4)c3n2)cc1. The zero-order valence-corrected chi connectivity index (χ0v) is 21.9. The number of hydrazine groups is 1. The van der Waals surface area contributed by atoms with Crippen molar-refractivity contribution in [1.82, 2.24) is 35.1 Å². The molecule has 0 unspecified atom stereocenters. The minimum Gasteiger partial charge on any atom is -0.378 e. The average molecular weight is 543 g/mol. The molecule has 3 aromatic heterocycles. The lowest BCUT2D eigenvalue weighted by Gasteiger charge is -2.32. The van der Waals surface area contributed by atoms with E-state index >= 15 is 0 Å². The molecule has 0 bridgehead atoms. The Morgan fingerprint density at radius 3 is 2.45 bits per heavy atom. The number of carbonyl (C=O) groups is 2. The first-order chi connectivity index (χ1) is 19.6. The summed E-state index contributed by atoms with van der Waals surface area (Å²) in [4.78, 5) is 42.6. The number of nitrogens with one attached hydrogen (secondary N) is 2. The molecule has 2 aliphatic rings. The molecule has 5 heterocycles. The summed E-state index contributed by atoms with van der Waals surface area (Å²) in [5, 5.41) is 8.31. The van der Waals surface area contributed by atoms with Crippen LogP contribution in [0, 0.1) is 0 Å². The monoisotopic (exact) mass is 542 g/mol. The second-order valence-electron chi connectivity index (χ2n) is 9.74. The number of carbonyl (C=O) groups excluding carboxylic acids is 2. The van der Waals surface area contributed by atoms with Crippen LogP contribution < -0.4 is 21.5 Å². The van der Waals surface area contributed by atoms with E-state index in [-0.39, 0.29) is 11.9 Å². The number of urea groups is 1. The molecule has 206 valence electrons. The Labute approximate surface area is 230 Å². The van der Waals surface area contributed by atoms with Crippen LogP contribution in [0.1, 0.15) is 29.2 Å². The summed E-state index contributed by atoms with van der Waals surface area (Å²) < 4.78 is 7.56. The Bertz CT molecular complexity index is 1490. The van der Waals surface area contributed by atoms with Gasteiger partial charge in [-0.2, -0.15) is 5.10 Å². The number of morpholine rings is 1. The number of nitrogens with two attached hydrogens (primary N) is 1. The van der Waals surface area contributed by atoms with Crippen LogP contribution in [0.2, 0.25) is 0 Å². The smallest absolute Gasteiger partial charge is 0.333 e. The molecule has 2 aliphatic heterocycles. The van der Waals surface area contributed by atoms with Crippen molar-refractivity contribution in [1.29, 1.82) is 0 Å². The van der Waals surface area contributed by atoms with Gasteiger partial charge >= 0.3 is 6.03 Å². The minimum atomic E-state index is -0.503. The molecule has 2 fully saturated rings. The van der Waals surface area contributed by atoms with Crippen molar-refractivity contribution in [2.24, 2.45) is 5.84 Å². The molecule has 3 amide bonds. The number of nitrogens with zero attached hydrogens (tertiary/aromatic N) is 7. The number of ether oxygens (including phenoxy) is 1. The van der Waals surface area contributed by atoms with Gasteiger partial charge in [0.25, 0.3) is 5.91 Å². The van der Waals surface area contributed by atoms with Gasteiger partial charge in [0, 0.05) is 49.8 Å². The molecule has 1 aromatic carbocycles. The zero-order valence-electron chi connectivity index (χ0n) is 21.9. The fourth-order valence-electron chi connectivity index (χ4n) is 5.18. The quantitative estimate of drug-likeness (QED) is 0.195. The zero-order chi connectivity index (χ0) is 27.5. The van der Waals surface area contributed by atoms with Gasteiger partial charge in [0.2, 0.25) is 0 Å². The molecule has 4 N–H and O–H groups in total. The van der Waals surface area contributed by atoms with Gasteiger partial charge in [-0.15, -0.1) is 0 Å². The van der Waals surface area contributed by atoms with Crippen LogP contribution in [-0.2, 0) is 4.74 Å². The van der Waals surface area contributed by atoms with Crippen LogP contribution in [0.5, 0.6) is 0 Å². The molecule has 6 rings (SSSR count). The highest BCUT2D eigenvalue weighted by Crippen LogP contribution is 2.32. The van der Waals surface area contributed by atoms with Crippen molar-refractivity contribution >= 4 is 34.5 Å². The maximum Gasteiger partial charge on any atom is 0.333 e. The lowest BCUT2D eigenvalue weighted by Crippen LogP contribution is -2.39. The van der Waals surface area contributed by atoms with Gasteiger partial charge in [-0.1, -0.05) is 0 Å². The number of likely N-dealkylation sites (tertiary alicyclic amines) is 1. The van der Waals surface area contributed by atoms with Crippen molar-refractivity contribution in [2.75, 3.05) is 49.6 Å². The number of aromatic nitrogens is 5. The third-order valence-corrected chi connectivity index (χ3v) is 7.28. The molecular weight excluding hydrogens is 512 g/mol. The van der Waals surface area contributed by atoms with Crippen LogP contribution >= 0.6 is 0 Å². The molecule has 0 aliphatic carbocycles. The summed E-state index contributed by atoms with van der Waals surface area (Å²) in [6.45, 7) is 3.95. The van der Waals surface area contributed by atoms with Crippen LogP contribution in [0.3, 0.4) is 0 Å². The normalized spacial score (nSPS) is 16.2. The number of benzene rings is 1. The van der Waals surface area contributed by atoms with Gasteiger partial charge in [-0.05, 0) is 49.2 Å². The standard InChI is InChI=1S/C27H30N10O3/c28-34-27(39)31-20-5-3-18(4-6-20)23-32-24(35-12-14-40-15-13-35)22-17-30-37(25(22)33-23)21-7-10-36(11-8-21)26(38)19-2-1-9-29-16-19/h1-6,9,16-17,21H,7-8,10-15,28H2,(H2,31,34,39). The number of hydrogen-bond donors (Lipinski definition) is 3. The maximum absolute atomic E-state index is 12.9. The van der Waals surface area contributed by atoms with Gasteiger partial charge in [0.1, 0.15) is 5.82 Å². The highest BCUT2D eigenvalue weighted by Gasteiger charge is 2.28. The highest BCUT2D eigenvalue weighted by molar-refractivity contribution is 5.94.